The van der Waals surface area contributed by atoms with Crippen molar-refractivity contribution < 1.29 is 9.47 Å². The maximum Gasteiger partial charge on any atom is 0.257 e. The fourth-order valence-electron chi connectivity index (χ4n) is 1.92. The number of ether oxygens (including phenoxy) is 2. The monoisotopic (exact) mass is 287 g/mol. The van der Waals surface area contributed by atoms with Crippen LogP contribution in [0.4, 0.5) is 5.82 Å². The molecule has 0 unspecified atom stereocenters. The molecule has 112 valence electrons. The van der Waals surface area contributed by atoms with E-state index in [1.54, 1.807) is 19.5 Å². The van der Waals surface area contributed by atoms with Crippen LogP contribution in [0.25, 0.3) is 0 Å². The van der Waals surface area contributed by atoms with Gasteiger partial charge in [-0.25, -0.2) is 9.97 Å². The second kappa shape index (κ2) is 6.92. The summed E-state index contributed by atoms with van der Waals surface area (Å²) in [5, 5.41) is 3.25. The van der Waals surface area contributed by atoms with E-state index in [-0.39, 0.29) is 6.10 Å². The Labute approximate surface area is 125 Å². The summed E-state index contributed by atoms with van der Waals surface area (Å²) in [5.74, 6) is 2.05. The van der Waals surface area contributed by atoms with Crippen molar-refractivity contribution in [3.05, 3.63) is 41.7 Å². The molecule has 2 aromatic rings. The van der Waals surface area contributed by atoms with E-state index in [4.69, 9.17) is 9.47 Å². The maximum absolute atomic E-state index is 5.64. The third-order valence-corrected chi connectivity index (χ3v) is 2.94. The van der Waals surface area contributed by atoms with Gasteiger partial charge in [0.1, 0.15) is 5.75 Å². The first-order valence-corrected chi connectivity index (χ1v) is 6.95. The molecular formula is C16H21N3O2. The number of anilines is 1. The van der Waals surface area contributed by atoms with Crippen LogP contribution >= 0.6 is 0 Å². The second-order valence-corrected chi connectivity index (χ2v) is 5.03. The van der Waals surface area contributed by atoms with Gasteiger partial charge in [-0.15, -0.1) is 0 Å². The van der Waals surface area contributed by atoms with E-state index in [9.17, 15) is 0 Å². The Hall–Kier alpha value is -2.30. The maximum atomic E-state index is 5.64. The van der Waals surface area contributed by atoms with Gasteiger partial charge in [0.2, 0.25) is 0 Å². The summed E-state index contributed by atoms with van der Waals surface area (Å²) in [7, 11) is 1.68. The number of hydrogen-bond acceptors (Lipinski definition) is 5. The van der Waals surface area contributed by atoms with Crippen LogP contribution in [0.3, 0.4) is 0 Å². The molecule has 0 atom stereocenters. The first-order chi connectivity index (χ1) is 10.1. The highest BCUT2D eigenvalue weighted by Gasteiger charge is 2.08. The van der Waals surface area contributed by atoms with E-state index in [0.29, 0.717) is 18.2 Å². The van der Waals surface area contributed by atoms with Crippen LogP contribution in [0.15, 0.2) is 30.6 Å². The van der Waals surface area contributed by atoms with Crippen LogP contribution in [0.2, 0.25) is 0 Å². The quantitative estimate of drug-likeness (QED) is 0.884. The Morgan fingerprint density at radius 1 is 1.19 bits per heavy atom. The van der Waals surface area contributed by atoms with Gasteiger partial charge in [0, 0.05) is 18.9 Å². The summed E-state index contributed by atoms with van der Waals surface area (Å²) >= 11 is 0. The number of aromatic nitrogens is 2. The van der Waals surface area contributed by atoms with Crippen LogP contribution in [0.1, 0.15) is 25.0 Å². The lowest BCUT2D eigenvalue weighted by atomic mass is 10.1. The van der Waals surface area contributed by atoms with Gasteiger partial charge in [-0.05, 0) is 38.0 Å². The van der Waals surface area contributed by atoms with Crippen molar-refractivity contribution in [2.24, 2.45) is 0 Å². The lowest BCUT2D eigenvalue weighted by Gasteiger charge is -2.13. The Bertz CT molecular complexity index is 600. The Kier molecular flexibility index (Phi) is 4.98. The van der Waals surface area contributed by atoms with Gasteiger partial charge in [0.15, 0.2) is 5.82 Å². The molecule has 0 saturated heterocycles. The van der Waals surface area contributed by atoms with Crippen molar-refractivity contribution >= 4 is 5.82 Å². The van der Waals surface area contributed by atoms with Crippen LogP contribution < -0.4 is 14.8 Å². The summed E-state index contributed by atoms with van der Waals surface area (Å²) in [4.78, 5) is 8.48. The molecule has 1 aromatic carbocycles. The van der Waals surface area contributed by atoms with E-state index in [2.05, 4.69) is 21.4 Å². The molecule has 0 radical (unpaired) electrons. The molecule has 0 spiro atoms. The predicted molar refractivity (Wildman–Crippen MR) is 82.9 cm³/mol. The SMILES string of the molecule is COc1cc(CNc2nccnc2OC(C)C)ccc1C. The molecule has 5 nitrogen and oxygen atoms in total. The topological polar surface area (TPSA) is 56.3 Å². The molecule has 0 saturated carbocycles. The summed E-state index contributed by atoms with van der Waals surface area (Å²) in [6.45, 7) is 6.57. The van der Waals surface area contributed by atoms with Crippen molar-refractivity contribution in [3.63, 3.8) is 0 Å². The molecule has 1 heterocycles. The minimum atomic E-state index is 0.0571. The average Bonchev–Trinajstić information content (AvgIpc) is 2.47. The van der Waals surface area contributed by atoms with Gasteiger partial charge in [-0.1, -0.05) is 12.1 Å². The molecule has 0 amide bonds. The van der Waals surface area contributed by atoms with Crippen LogP contribution in [0, 0.1) is 6.92 Å². The average molecular weight is 287 g/mol. The van der Waals surface area contributed by atoms with E-state index in [0.717, 1.165) is 16.9 Å². The highest BCUT2D eigenvalue weighted by Crippen LogP contribution is 2.22. The number of hydrogen-bond donors (Lipinski definition) is 1. The van der Waals surface area contributed by atoms with Gasteiger partial charge in [-0.3, -0.25) is 0 Å². The second-order valence-electron chi connectivity index (χ2n) is 5.03. The first kappa shape index (κ1) is 15.1. The van der Waals surface area contributed by atoms with Crippen molar-refractivity contribution in [2.45, 2.75) is 33.4 Å². The van der Waals surface area contributed by atoms with Gasteiger partial charge in [0.05, 0.1) is 13.2 Å². The van der Waals surface area contributed by atoms with Crippen LogP contribution in [0.5, 0.6) is 11.6 Å². The van der Waals surface area contributed by atoms with Crippen molar-refractivity contribution in [3.8, 4) is 11.6 Å². The predicted octanol–water partition coefficient (Wildman–Crippen LogP) is 3.19. The first-order valence-electron chi connectivity index (χ1n) is 6.95. The standard InChI is InChI=1S/C16H21N3O2/c1-11(2)21-16-15(17-7-8-18-16)19-10-13-6-5-12(3)14(9-13)20-4/h5-9,11H,10H2,1-4H3,(H,17,19). The smallest absolute Gasteiger partial charge is 0.257 e. The fourth-order valence-corrected chi connectivity index (χ4v) is 1.92. The molecule has 0 aliphatic rings. The fraction of sp³-hybridized carbons (Fsp3) is 0.375. The van der Waals surface area contributed by atoms with E-state index < -0.39 is 0 Å². The zero-order chi connectivity index (χ0) is 15.2. The Morgan fingerprint density at radius 2 is 1.95 bits per heavy atom. The number of nitrogens with zero attached hydrogens (tertiary/aromatic N) is 2. The zero-order valence-corrected chi connectivity index (χ0v) is 12.9. The summed E-state index contributed by atoms with van der Waals surface area (Å²) < 4.78 is 11.0. The van der Waals surface area contributed by atoms with E-state index >= 15 is 0 Å². The number of aryl methyl sites for hydroxylation is 1. The van der Waals surface area contributed by atoms with Gasteiger partial charge in [-0.2, -0.15) is 0 Å². The van der Waals surface area contributed by atoms with Gasteiger partial charge < -0.3 is 14.8 Å². The zero-order valence-electron chi connectivity index (χ0n) is 12.9. The molecule has 2 rings (SSSR count). The summed E-state index contributed by atoms with van der Waals surface area (Å²) in [6, 6.07) is 6.12. The number of nitrogens with one attached hydrogen (secondary N) is 1. The number of rotatable bonds is 6. The Morgan fingerprint density at radius 3 is 2.67 bits per heavy atom. The highest BCUT2D eigenvalue weighted by atomic mass is 16.5. The largest absolute Gasteiger partial charge is 0.496 e. The number of methoxy groups -OCH3 is 1. The van der Waals surface area contributed by atoms with Crippen LogP contribution in [-0.2, 0) is 6.54 Å². The van der Waals surface area contributed by atoms with Crippen molar-refractivity contribution in [1.82, 2.24) is 9.97 Å². The van der Waals surface area contributed by atoms with Crippen molar-refractivity contribution in [1.29, 1.82) is 0 Å². The molecule has 1 aromatic heterocycles. The van der Waals surface area contributed by atoms with Gasteiger partial charge in [0.25, 0.3) is 5.88 Å². The lowest BCUT2D eigenvalue weighted by Crippen LogP contribution is -2.11. The molecule has 21 heavy (non-hydrogen) atoms. The minimum absolute atomic E-state index is 0.0571. The summed E-state index contributed by atoms with van der Waals surface area (Å²) in [6.07, 6.45) is 3.32. The third-order valence-electron chi connectivity index (χ3n) is 2.94. The van der Waals surface area contributed by atoms with E-state index in [1.807, 2.05) is 32.9 Å². The van der Waals surface area contributed by atoms with E-state index in [1.165, 1.54) is 0 Å². The molecule has 5 heteroatoms. The third kappa shape index (κ3) is 4.08. The van der Waals surface area contributed by atoms with Crippen LogP contribution in [-0.4, -0.2) is 23.2 Å². The lowest BCUT2D eigenvalue weighted by molar-refractivity contribution is 0.233. The molecule has 0 fully saturated rings. The van der Waals surface area contributed by atoms with Crippen molar-refractivity contribution in [2.75, 3.05) is 12.4 Å². The summed E-state index contributed by atoms with van der Waals surface area (Å²) in [5.41, 5.74) is 2.23. The highest BCUT2D eigenvalue weighted by molar-refractivity contribution is 5.46. The molecular weight excluding hydrogens is 266 g/mol. The Balaban J connectivity index is 2.09. The molecule has 0 aliphatic carbocycles. The minimum Gasteiger partial charge on any atom is -0.496 e. The van der Waals surface area contributed by atoms with Gasteiger partial charge >= 0.3 is 0 Å². The normalized spacial score (nSPS) is 10.5. The number of benzene rings is 1. The molecule has 0 aliphatic heterocycles. The molecule has 1 N–H and O–H groups in total. The molecule has 0 bridgehead atoms.